The zero-order valence-electron chi connectivity index (χ0n) is 12.2. The van der Waals surface area contributed by atoms with E-state index in [1.165, 1.54) is 7.11 Å². The normalized spacial score (nSPS) is 28.4. The molecule has 0 spiro atoms. The summed E-state index contributed by atoms with van der Waals surface area (Å²) in [6, 6.07) is 0.897. The van der Waals surface area contributed by atoms with Crippen molar-refractivity contribution < 1.29 is 23.0 Å². The zero-order valence-corrected chi connectivity index (χ0v) is 12.2. The SMILES string of the molecule is COC1(C(O)c2cnccc2C(F)(F)F)CCCC(C)C1. The molecule has 0 bridgehead atoms. The summed E-state index contributed by atoms with van der Waals surface area (Å²) in [7, 11) is 1.45. The Morgan fingerprint density at radius 1 is 1.48 bits per heavy atom. The van der Waals surface area contributed by atoms with Crippen LogP contribution in [0.1, 0.15) is 49.8 Å². The molecule has 1 aliphatic rings. The molecule has 1 fully saturated rings. The molecule has 1 aliphatic carbocycles. The number of alkyl halides is 3. The van der Waals surface area contributed by atoms with Gasteiger partial charge in [0, 0.05) is 25.1 Å². The number of rotatable bonds is 3. The summed E-state index contributed by atoms with van der Waals surface area (Å²) in [6.45, 7) is 2.02. The van der Waals surface area contributed by atoms with Gasteiger partial charge in [0.25, 0.3) is 0 Å². The van der Waals surface area contributed by atoms with Crippen LogP contribution in [-0.4, -0.2) is 22.8 Å². The Balaban J connectivity index is 2.41. The fraction of sp³-hybridized carbons (Fsp3) is 0.667. The third kappa shape index (κ3) is 3.21. The van der Waals surface area contributed by atoms with Crippen molar-refractivity contribution in [3.8, 4) is 0 Å². The molecule has 1 aromatic rings. The van der Waals surface area contributed by atoms with E-state index < -0.39 is 23.4 Å². The lowest BCUT2D eigenvalue weighted by atomic mass is 9.73. The number of aromatic nitrogens is 1. The molecular weight excluding hydrogens is 283 g/mol. The number of ether oxygens (including phenoxy) is 1. The molecule has 0 radical (unpaired) electrons. The fourth-order valence-electron chi connectivity index (χ4n) is 3.26. The van der Waals surface area contributed by atoms with Crippen molar-refractivity contribution in [2.75, 3.05) is 7.11 Å². The van der Waals surface area contributed by atoms with E-state index in [-0.39, 0.29) is 5.56 Å². The van der Waals surface area contributed by atoms with E-state index in [4.69, 9.17) is 4.74 Å². The number of hydrogen-bond acceptors (Lipinski definition) is 3. The van der Waals surface area contributed by atoms with E-state index in [0.717, 1.165) is 31.3 Å². The van der Waals surface area contributed by atoms with Gasteiger partial charge >= 0.3 is 6.18 Å². The highest BCUT2D eigenvalue weighted by molar-refractivity contribution is 5.30. The minimum atomic E-state index is -4.52. The zero-order chi connectivity index (χ0) is 15.7. The Morgan fingerprint density at radius 3 is 2.76 bits per heavy atom. The molecule has 1 N–H and O–H groups in total. The third-order valence-corrected chi connectivity index (χ3v) is 4.35. The van der Waals surface area contributed by atoms with Crippen molar-refractivity contribution in [1.29, 1.82) is 0 Å². The van der Waals surface area contributed by atoms with Crippen LogP contribution in [0.2, 0.25) is 0 Å². The Bertz CT molecular complexity index is 492. The molecular formula is C15H20F3NO2. The summed E-state index contributed by atoms with van der Waals surface area (Å²) in [5.74, 6) is 0.305. The maximum absolute atomic E-state index is 13.1. The van der Waals surface area contributed by atoms with Gasteiger partial charge in [0.1, 0.15) is 6.10 Å². The largest absolute Gasteiger partial charge is 0.416 e. The van der Waals surface area contributed by atoms with Gasteiger partial charge in [-0.3, -0.25) is 4.98 Å². The topological polar surface area (TPSA) is 42.4 Å². The summed E-state index contributed by atoms with van der Waals surface area (Å²) in [5, 5.41) is 10.6. The minimum Gasteiger partial charge on any atom is -0.385 e. The van der Waals surface area contributed by atoms with Gasteiger partial charge < -0.3 is 9.84 Å². The summed E-state index contributed by atoms with van der Waals surface area (Å²) < 4.78 is 44.8. The number of aliphatic hydroxyl groups excluding tert-OH is 1. The van der Waals surface area contributed by atoms with E-state index in [1.54, 1.807) is 0 Å². The molecule has 0 saturated heterocycles. The Kier molecular flexibility index (Phi) is 4.58. The molecule has 3 unspecified atom stereocenters. The molecule has 0 amide bonds. The average Bonchev–Trinajstić information content (AvgIpc) is 2.45. The summed E-state index contributed by atoms with van der Waals surface area (Å²) in [6.07, 6.45) is -0.775. The highest BCUT2D eigenvalue weighted by Gasteiger charge is 2.45. The number of methoxy groups -OCH3 is 1. The second-order valence-electron chi connectivity index (χ2n) is 5.83. The minimum absolute atomic E-state index is 0.207. The van der Waals surface area contributed by atoms with Crippen LogP contribution in [0.25, 0.3) is 0 Å². The summed E-state index contributed by atoms with van der Waals surface area (Å²) >= 11 is 0. The third-order valence-electron chi connectivity index (χ3n) is 4.35. The highest BCUT2D eigenvalue weighted by Crippen LogP contribution is 2.45. The monoisotopic (exact) mass is 303 g/mol. The van der Waals surface area contributed by atoms with E-state index in [0.29, 0.717) is 18.8 Å². The van der Waals surface area contributed by atoms with Crippen LogP contribution in [0.4, 0.5) is 13.2 Å². The molecule has 6 heteroatoms. The number of nitrogens with zero attached hydrogens (tertiary/aromatic N) is 1. The van der Waals surface area contributed by atoms with Gasteiger partial charge in [0.15, 0.2) is 0 Å². The molecule has 0 aliphatic heterocycles. The first-order chi connectivity index (χ1) is 9.80. The van der Waals surface area contributed by atoms with Crippen molar-refractivity contribution in [2.24, 2.45) is 5.92 Å². The van der Waals surface area contributed by atoms with Crippen molar-refractivity contribution in [3.63, 3.8) is 0 Å². The maximum atomic E-state index is 13.1. The predicted molar refractivity (Wildman–Crippen MR) is 71.6 cm³/mol. The van der Waals surface area contributed by atoms with Crippen LogP contribution in [0.5, 0.6) is 0 Å². The lowest BCUT2D eigenvalue weighted by Gasteiger charge is -2.42. The lowest BCUT2D eigenvalue weighted by molar-refractivity contribution is -0.150. The molecule has 2 rings (SSSR count). The van der Waals surface area contributed by atoms with Gasteiger partial charge in [0.05, 0.1) is 11.2 Å². The van der Waals surface area contributed by atoms with Gasteiger partial charge in [-0.05, 0) is 24.8 Å². The van der Waals surface area contributed by atoms with Gasteiger partial charge in [-0.2, -0.15) is 13.2 Å². The summed E-state index contributed by atoms with van der Waals surface area (Å²) in [4.78, 5) is 3.74. The van der Waals surface area contributed by atoms with Gasteiger partial charge in [-0.15, -0.1) is 0 Å². The van der Waals surface area contributed by atoms with Gasteiger partial charge in [-0.25, -0.2) is 0 Å². The Hall–Kier alpha value is -1.14. The number of hydrogen-bond donors (Lipinski definition) is 1. The first-order valence-corrected chi connectivity index (χ1v) is 7.04. The van der Waals surface area contributed by atoms with Crippen molar-refractivity contribution >= 4 is 0 Å². The van der Waals surface area contributed by atoms with Crippen molar-refractivity contribution in [2.45, 2.75) is 50.5 Å². The van der Waals surface area contributed by atoms with E-state index in [9.17, 15) is 18.3 Å². The predicted octanol–water partition coefficient (Wildman–Crippen LogP) is 3.73. The number of halogens is 3. The quantitative estimate of drug-likeness (QED) is 0.925. The maximum Gasteiger partial charge on any atom is 0.416 e. The Morgan fingerprint density at radius 2 is 2.19 bits per heavy atom. The van der Waals surface area contributed by atoms with E-state index in [1.807, 2.05) is 6.92 Å². The number of pyridine rings is 1. The fourth-order valence-corrected chi connectivity index (χ4v) is 3.26. The first kappa shape index (κ1) is 16.2. The van der Waals surface area contributed by atoms with Crippen LogP contribution in [0, 0.1) is 5.92 Å². The Labute approximate surface area is 122 Å². The first-order valence-electron chi connectivity index (χ1n) is 7.04. The molecule has 21 heavy (non-hydrogen) atoms. The van der Waals surface area contributed by atoms with Crippen LogP contribution in [-0.2, 0) is 10.9 Å². The number of aliphatic hydroxyl groups is 1. The molecule has 3 atom stereocenters. The molecule has 0 aromatic carbocycles. The van der Waals surface area contributed by atoms with Gasteiger partial charge in [-0.1, -0.05) is 19.8 Å². The van der Waals surface area contributed by atoms with Crippen LogP contribution in [0.15, 0.2) is 18.5 Å². The van der Waals surface area contributed by atoms with Crippen molar-refractivity contribution in [3.05, 3.63) is 29.6 Å². The molecule has 3 nitrogen and oxygen atoms in total. The van der Waals surface area contributed by atoms with Crippen LogP contribution < -0.4 is 0 Å². The lowest BCUT2D eigenvalue weighted by Crippen LogP contribution is -2.43. The molecule has 1 saturated carbocycles. The standard InChI is InChI=1S/C15H20F3NO2/c1-10-4-3-6-14(8-10,21-2)13(20)11-9-19-7-5-12(11)15(16,17)18/h5,7,9-10,13,20H,3-4,6,8H2,1-2H3. The van der Waals surface area contributed by atoms with Gasteiger partial charge in [0.2, 0.25) is 0 Å². The highest BCUT2D eigenvalue weighted by atomic mass is 19.4. The van der Waals surface area contributed by atoms with E-state index >= 15 is 0 Å². The van der Waals surface area contributed by atoms with Crippen LogP contribution >= 0.6 is 0 Å². The van der Waals surface area contributed by atoms with Crippen LogP contribution in [0.3, 0.4) is 0 Å². The molecule has 118 valence electrons. The second-order valence-corrected chi connectivity index (χ2v) is 5.83. The van der Waals surface area contributed by atoms with E-state index in [2.05, 4.69) is 4.98 Å². The molecule has 1 heterocycles. The second kappa shape index (κ2) is 5.93. The smallest absolute Gasteiger partial charge is 0.385 e. The average molecular weight is 303 g/mol. The molecule has 1 aromatic heterocycles. The summed E-state index contributed by atoms with van der Waals surface area (Å²) in [5.41, 5.74) is -2.03. The van der Waals surface area contributed by atoms with Crippen molar-refractivity contribution in [1.82, 2.24) is 4.98 Å².